The highest BCUT2D eigenvalue weighted by Crippen LogP contribution is 2.29. The lowest BCUT2D eigenvalue weighted by atomic mass is 9.95. The predicted octanol–water partition coefficient (Wildman–Crippen LogP) is 3.41. The van der Waals surface area contributed by atoms with Gasteiger partial charge in [-0.1, -0.05) is 12.1 Å². The summed E-state index contributed by atoms with van der Waals surface area (Å²) in [7, 11) is 0. The molecule has 5 heteroatoms. The number of hydrogen-bond acceptors (Lipinski definition) is 2. The number of carbonyl (C=O) groups is 1. The van der Waals surface area contributed by atoms with Crippen LogP contribution < -0.4 is 5.73 Å². The minimum Gasteiger partial charge on any atom is -0.326 e. The van der Waals surface area contributed by atoms with E-state index in [0.29, 0.717) is 6.42 Å². The number of nitrogens with two attached hydrogens (primary N) is 1. The lowest BCUT2D eigenvalue weighted by Crippen LogP contribution is -2.32. The van der Waals surface area contributed by atoms with Crippen LogP contribution in [0.4, 0.5) is 13.2 Å². The zero-order chi connectivity index (χ0) is 14.0. The smallest absolute Gasteiger partial charge is 0.326 e. The van der Waals surface area contributed by atoms with Gasteiger partial charge in [-0.2, -0.15) is 13.2 Å². The van der Waals surface area contributed by atoms with Gasteiger partial charge in [0.05, 0.1) is 5.56 Å². The number of carbonyl (C=O) groups excluding carboxylic acids is 1. The molecule has 2 nitrogen and oxygen atoms in total. The predicted molar refractivity (Wildman–Crippen MR) is 63.3 cm³/mol. The molecule has 0 saturated carbocycles. The Hall–Kier alpha value is -1.36. The summed E-state index contributed by atoms with van der Waals surface area (Å²) in [4.78, 5) is 11.7. The van der Waals surface area contributed by atoms with Crippen LogP contribution in [0.3, 0.4) is 0 Å². The van der Waals surface area contributed by atoms with Crippen molar-refractivity contribution in [2.75, 3.05) is 0 Å². The first kappa shape index (κ1) is 14.7. The summed E-state index contributed by atoms with van der Waals surface area (Å²) >= 11 is 0. The van der Waals surface area contributed by atoms with Gasteiger partial charge in [0.25, 0.3) is 0 Å². The molecule has 18 heavy (non-hydrogen) atoms. The SMILES string of the molecule is CC(C)(N)CCC(=O)c1ccc(C(F)(F)F)cc1. The van der Waals surface area contributed by atoms with E-state index in [1.54, 1.807) is 13.8 Å². The number of Topliss-reactive ketones (excluding diaryl/α,β-unsaturated/α-hetero) is 1. The second kappa shape index (κ2) is 5.10. The topological polar surface area (TPSA) is 43.1 Å². The zero-order valence-corrected chi connectivity index (χ0v) is 10.3. The van der Waals surface area contributed by atoms with Gasteiger partial charge < -0.3 is 5.73 Å². The van der Waals surface area contributed by atoms with Crippen molar-refractivity contribution in [3.8, 4) is 0 Å². The molecule has 0 radical (unpaired) electrons. The third-order valence-electron chi connectivity index (χ3n) is 2.53. The van der Waals surface area contributed by atoms with E-state index < -0.39 is 17.3 Å². The first-order valence-electron chi connectivity index (χ1n) is 5.59. The van der Waals surface area contributed by atoms with Gasteiger partial charge in [-0.3, -0.25) is 4.79 Å². The van der Waals surface area contributed by atoms with Gasteiger partial charge in [-0.05, 0) is 32.4 Å². The van der Waals surface area contributed by atoms with Gasteiger partial charge >= 0.3 is 6.18 Å². The summed E-state index contributed by atoms with van der Waals surface area (Å²) in [6, 6.07) is 4.24. The molecule has 0 unspecified atom stereocenters. The number of benzene rings is 1. The van der Waals surface area contributed by atoms with E-state index in [2.05, 4.69) is 0 Å². The Labute approximate surface area is 104 Å². The van der Waals surface area contributed by atoms with Crippen LogP contribution in [0.1, 0.15) is 42.6 Å². The van der Waals surface area contributed by atoms with Crippen LogP contribution >= 0.6 is 0 Å². The molecule has 0 aliphatic carbocycles. The molecule has 100 valence electrons. The van der Waals surface area contributed by atoms with Gasteiger partial charge in [0.1, 0.15) is 0 Å². The number of halogens is 3. The second-order valence-corrected chi connectivity index (χ2v) is 4.99. The van der Waals surface area contributed by atoms with Crippen molar-refractivity contribution < 1.29 is 18.0 Å². The maximum Gasteiger partial charge on any atom is 0.416 e. The molecule has 1 aromatic carbocycles. The van der Waals surface area contributed by atoms with Crippen molar-refractivity contribution in [1.29, 1.82) is 0 Å². The van der Waals surface area contributed by atoms with Crippen LogP contribution in [0.25, 0.3) is 0 Å². The van der Waals surface area contributed by atoms with Crippen molar-refractivity contribution in [3.63, 3.8) is 0 Å². The minimum atomic E-state index is -4.37. The molecular formula is C13H16F3NO. The average molecular weight is 259 g/mol. The number of alkyl halides is 3. The number of hydrogen-bond donors (Lipinski definition) is 1. The van der Waals surface area contributed by atoms with Crippen LogP contribution in [-0.2, 0) is 6.18 Å². The van der Waals surface area contributed by atoms with E-state index in [9.17, 15) is 18.0 Å². The molecule has 0 aromatic heterocycles. The van der Waals surface area contributed by atoms with Crippen molar-refractivity contribution in [3.05, 3.63) is 35.4 Å². The molecule has 0 fully saturated rings. The van der Waals surface area contributed by atoms with Crippen LogP contribution in [0.15, 0.2) is 24.3 Å². The lowest BCUT2D eigenvalue weighted by molar-refractivity contribution is -0.137. The van der Waals surface area contributed by atoms with E-state index in [1.807, 2.05) is 0 Å². The molecule has 0 bridgehead atoms. The van der Waals surface area contributed by atoms with Crippen molar-refractivity contribution in [2.24, 2.45) is 5.73 Å². The molecule has 0 amide bonds. The third kappa shape index (κ3) is 4.49. The van der Waals surface area contributed by atoms with E-state index in [1.165, 1.54) is 12.1 Å². The molecule has 0 heterocycles. The Morgan fingerprint density at radius 1 is 1.17 bits per heavy atom. The van der Waals surface area contributed by atoms with Gasteiger partial charge in [0.15, 0.2) is 5.78 Å². The maximum atomic E-state index is 12.3. The molecule has 1 rings (SSSR count). The standard InChI is InChI=1S/C13H16F3NO/c1-12(2,17)8-7-11(18)9-3-5-10(6-4-9)13(14,15)16/h3-6H,7-8,17H2,1-2H3. The fourth-order valence-electron chi connectivity index (χ4n) is 1.43. The summed E-state index contributed by atoms with van der Waals surface area (Å²) < 4.78 is 37.0. The molecule has 0 saturated heterocycles. The normalized spacial score (nSPS) is 12.6. The summed E-state index contributed by atoms with van der Waals surface area (Å²) in [5, 5.41) is 0. The van der Waals surface area contributed by atoms with Crippen molar-refractivity contribution in [2.45, 2.75) is 38.4 Å². The summed E-state index contributed by atoms with van der Waals surface area (Å²) in [5.74, 6) is -0.192. The molecule has 0 aliphatic rings. The molecule has 2 N–H and O–H groups in total. The van der Waals surface area contributed by atoms with Crippen LogP contribution in [-0.4, -0.2) is 11.3 Å². The van der Waals surface area contributed by atoms with Gasteiger partial charge in [-0.25, -0.2) is 0 Å². The van der Waals surface area contributed by atoms with E-state index in [-0.39, 0.29) is 17.8 Å². The number of rotatable bonds is 4. The first-order valence-corrected chi connectivity index (χ1v) is 5.59. The molecule has 0 aliphatic heterocycles. The zero-order valence-electron chi connectivity index (χ0n) is 10.3. The fraction of sp³-hybridized carbons (Fsp3) is 0.462. The Balaban J connectivity index is 2.71. The fourth-order valence-corrected chi connectivity index (χ4v) is 1.43. The van der Waals surface area contributed by atoms with Crippen LogP contribution in [0.2, 0.25) is 0 Å². The molecule has 0 atom stereocenters. The highest BCUT2D eigenvalue weighted by molar-refractivity contribution is 5.96. The largest absolute Gasteiger partial charge is 0.416 e. The summed E-state index contributed by atoms with van der Waals surface area (Å²) in [6.07, 6.45) is -3.65. The molecular weight excluding hydrogens is 243 g/mol. The van der Waals surface area contributed by atoms with Crippen molar-refractivity contribution >= 4 is 5.78 Å². The second-order valence-electron chi connectivity index (χ2n) is 4.99. The monoisotopic (exact) mass is 259 g/mol. The Bertz CT molecular complexity index is 415. The van der Waals surface area contributed by atoms with E-state index in [0.717, 1.165) is 12.1 Å². The van der Waals surface area contributed by atoms with Crippen molar-refractivity contribution in [1.82, 2.24) is 0 Å². The van der Waals surface area contributed by atoms with Gasteiger partial charge in [-0.15, -0.1) is 0 Å². The van der Waals surface area contributed by atoms with Gasteiger partial charge in [0, 0.05) is 17.5 Å². The van der Waals surface area contributed by atoms with E-state index in [4.69, 9.17) is 5.73 Å². The third-order valence-corrected chi connectivity index (χ3v) is 2.53. The lowest BCUT2D eigenvalue weighted by Gasteiger charge is -2.17. The Morgan fingerprint density at radius 2 is 1.67 bits per heavy atom. The number of ketones is 1. The van der Waals surface area contributed by atoms with Crippen LogP contribution in [0.5, 0.6) is 0 Å². The summed E-state index contributed by atoms with van der Waals surface area (Å²) in [5.41, 5.74) is 4.82. The Morgan fingerprint density at radius 3 is 2.06 bits per heavy atom. The van der Waals surface area contributed by atoms with Gasteiger partial charge in [0.2, 0.25) is 0 Å². The molecule has 1 aromatic rings. The van der Waals surface area contributed by atoms with Crippen LogP contribution in [0, 0.1) is 0 Å². The maximum absolute atomic E-state index is 12.3. The quantitative estimate of drug-likeness (QED) is 0.842. The highest BCUT2D eigenvalue weighted by Gasteiger charge is 2.30. The summed E-state index contributed by atoms with van der Waals surface area (Å²) in [6.45, 7) is 3.60. The minimum absolute atomic E-state index is 0.192. The highest BCUT2D eigenvalue weighted by atomic mass is 19.4. The van der Waals surface area contributed by atoms with E-state index >= 15 is 0 Å². The molecule has 0 spiro atoms. The Kier molecular flexibility index (Phi) is 4.16. The average Bonchev–Trinajstić information content (AvgIpc) is 2.24. The first-order chi connectivity index (χ1) is 8.09.